The third kappa shape index (κ3) is 5.37. The molecule has 2 aromatic carbocycles. The topological polar surface area (TPSA) is 98.5 Å². The number of aryl methyl sites for hydroxylation is 1. The Bertz CT molecular complexity index is 850. The van der Waals surface area contributed by atoms with Crippen LogP contribution in [0.4, 0.5) is 4.39 Å². The molecule has 0 radical (unpaired) electrons. The summed E-state index contributed by atoms with van der Waals surface area (Å²) in [4.78, 5) is 36.0. The van der Waals surface area contributed by atoms with Crippen molar-refractivity contribution in [2.24, 2.45) is 5.73 Å². The quantitative estimate of drug-likeness (QED) is 0.730. The second kappa shape index (κ2) is 8.93. The van der Waals surface area contributed by atoms with Crippen LogP contribution < -0.4 is 11.1 Å². The molecule has 27 heavy (non-hydrogen) atoms. The molecule has 0 saturated carbocycles. The van der Waals surface area contributed by atoms with Gasteiger partial charge in [-0.15, -0.1) is 0 Å². The zero-order valence-corrected chi connectivity index (χ0v) is 15.1. The zero-order valence-electron chi connectivity index (χ0n) is 15.1. The molecule has 3 N–H and O–H groups in total. The van der Waals surface area contributed by atoms with Gasteiger partial charge in [-0.1, -0.05) is 18.2 Å². The molecule has 2 amide bonds. The lowest BCUT2D eigenvalue weighted by Crippen LogP contribution is -2.31. The molecule has 0 fully saturated rings. The minimum Gasteiger partial charge on any atom is -0.466 e. The first kappa shape index (κ1) is 20.1. The molecule has 0 saturated heterocycles. The van der Waals surface area contributed by atoms with E-state index in [-0.39, 0.29) is 24.2 Å². The number of nitrogens with one attached hydrogen (secondary N) is 1. The number of benzene rings is 2. The average molecular weight is 372 g/mol. The highest BCUT2D eigenvalue weighted by Crippen LogP contribution is 2.20. The van der Waals surface area contributed by atoms with Crippen molar-refractivity contribution in [3.8, 4) is 0 Å². The van der Waals surface area contributed by atoms with Gasteiger partial charge < -0.3 is 15.8 Å². The van der Waals surface area contributed by atoms with Gasteiger partial charge in [0, 0.05) is 11.1 Å². The van der Waals surface area contributed by atoms with Gasteiger partial charge in [0.2, 0.25) is 5.91 Å². The van der Waals surface area contributed by atoms with Crippen molar-refractivity contribution >= 4 is 17.8 Å². The monoisotopic (exact) mass is 372 g/mol. The third-order valence-electron chi connectivity index (χ3n) is 4.02. The van der Waals surface area contributed by atoms with E-state index in [2.05, 4.69) is 5.32 Å². The molecular formula is C20H21FN2O4. The SMILES string of the molecule is CCOC(=O)CC(NC(=O)c1cc(C(N)=O)ccc1C)c1ccc(F)cc1. The number of ether oxygens (including phenoxy) is 1. The Morgan fingerprint density at radius 3 is 2.41 bits per heavy atom. The summed E-state index contributed by atoms with van der Waals surface area (Å²) in [6.07, 6.45) is -0.111. The number of nitrogens with two attached hydrogens (primary N) is 1. The van der Waals surface area contributed by atoms with Crippen molar-refractivity contribution in [3.63, 3.8) is 0 Å². The molecule has 142 valence electrons. The number of hydrogen-bond acceptors (Lipinski definition) is 4. The Morgan fingerprint density at radius 2 is 1.81 bits per heavy atom. The van der Waals surface area contributed by atoms with Crippen molar-refractivity contribution in [3.05, 3.63) is 70.5 Å². The van der Waals surface area contributed by atoms with Crippen LogP contribution in [0.25, 0.3) is 0 Å². The maximum atomic E-state index is 13.2. The van der Waals surface area contributed by atoms with Gasteiger partial charge in [0.25, 0.3) is 5.91 Å². The molecular weight excluding hydrogens is 351 g/mol. The number of carbonyl (C=O) groups excluding carboxylic acids is 3. The Balaban J connectivity index is 2.29. The lowest BCUT2D eigenvalue weighted by molar-refractivity contribution is -0.143. The van der Waals surface area contributed by atoms with Crippen LogP contribution in [0.5, 0.6) is 0 Å². The van der Waals surface area contributed by atoms with E-state index in [1.807, 2.05) is 0 Å². The van der Waals surface area contributed by atoms with Crippen LogP contribution >= 0.6 is 0 Å². The second-order valence-electron chi connectivity index (χ2n) is 5.98. The second-order valence-corrected chi connectivity index (χ2v) is 5.98. The van der Waals surface area contributed by atoms with Gasteiger partial charge in [-0.25, -0.2) is 4.39 Å². The van der Waals surface area contributed by atoms with Crippen LogP contribution in [0, 0.1) is 12.7 Å². The van der Waals surface area contributed by atoms with Crippen molar-refractivity contribution in [2.45, 2.75) is 26.3 Å². The van der Waals surface area contributed by atoms with E-state index in [9.17, 15) is 18.8 Å². The summed E-state index contributed by atoms with van der Waals surface area (Å²) in [6, 6.07) is 9.32. The predicted octanol–water partition coefficient (Wildman–Crippen LogP) is 2.66. The number of carbonyl (C=O) groups is 3. The molecule has 1 unspecified atom stereocenters. The summed E-state index contributed by atoms with van der Waals surface area (Å²) < 4.78 is 18.2. The molecule has 2 rings (SSSR count). The van der Waals surface area contributed by atoms with Gasteiger partial charge >= 0.3 is 5.97 Å². The van der Waals surface area contributed by atoms with Gasteiger partial charge in [-0.05, 0) is 49.2 Å². The molecule has 0 aliphatic carbocycles. The number of primary amides is 1. The first-order valence-corrected chi connectivity index (χ1v) is 8.44. The maximum absolute atomic E-state index is 13.2. The van der Waals surface area contributed by atoms with E-state index < -0.39 is 29.6 Å². The Labute approximate surface area is 156 Å². The molecule has 1 atom stereocenters. The molecule has 7 heteroatoms. The smallest absolute Gasteiger partial charge is 0.308 e. The van der Waals surface area contributed by atoms with Crippen molar-refractivity contribution in [1.29, 1.82) is 0 Å². The number of esters is 1. The highest BCUT2D eigenvalue weighted by Gasteiger charge is 2.21. The maximum Gasteiger partial charge on any atom is 0.308 e. The molecule has 6 nitrogen and oxygen atoms in total. The number of hydrogen-bond donors (Lipinski definition) is 2. The summed E-state index contributed by atoms with van der Waals surface area (Å²) >= 11 is 0. The van der Waals surface area contributed by atoms with E-state index in [1.54, 1.807) is 19.9 Å². The van der Waals surface area contributed by atoms with Crippen LogP contribution in [0.2, 0.25) is 0 Å². The van der Waals surface area contributed by atoms with Crippen LogP contribution in [0.3, 0.4) is 0 Å². The van der Waals surface area contributed by atoms with Gasteiger partial charge in [-0.2, -0.15) is 0 Å². The fourth-order valence-electron chi connectivity index (χ4n) is 2.59. The fraction of sp³-hybridized carbons (Fsp3) is 0.250. The molecule has 0 aliphatic rings. The number of halogens is 1. The summed E-state index contributed by atoms with van der Waals surface area (Å²) in [7, 11) is 0. The predicted molar refractivity (Wildman–Crippen MR) is 97.6 cm³/mol. The van der Waals surface area contributed by atoms with E-state index >= 15 is 0 Å². The Hall–Kier alpha value is -3.22. The normalized spacial score (nSPS) is 11.5. The minimum atomic E-state index is -0.714. The third-order valence-corrected chi connectivity index (χ3v) is 4.02. The van der Waals surface area contributed by atoms with Gasteiger partial charge in [0.1, 0.15) is 5.82 Å². The highest BCUT2D eigenvalue weighted by atomic mass is 19.1. The standard InChI is InChI=1S/C20H21FN2O4/c1-3-27-18(24)11-17(13-6-8-15(21)9-7-13)23-20(26)16-10-14(19(22)25)5-4-12(16)2/h4-10,17H,3,11H2,1-2H3,(H2,22,25)(H,23,26). The van der Waals surface area contributed by atoms with E-state index in [0.717, 1.165) is 0 Å². The summed E-state index contributed by atoms with van der Waals surface area (Å²) in [6.45, 7) is 3.61. The van der Waals surface area contributed by atoms with E-state index in [4.69, 9.17) is 10.5 Å². The largest absolute Gasteiger partial charge is 0.466 e. The Morgan fingerprint density at radius 1 is 1.15 bits per heavy atom. The van der Waals surface area contributed by atoms with Crippen LogP contribution in [0.1, 0.15) is 51.2 Å². The average Bonchev–Trinajstić information content (AvgIpc) is 2.62. The lowest BCUT2D eigenvalue weighted by Gasteiger charge is -2.19. The molecule has 2 aromatic rings. The van der Waals surface area contributed by atoms with Crippen molar-refractivity contribution < 1.29 is 23.5 Å². The molecule has 0 aromatic heterocycles. The lowest BCUT2D eigenvalue weighted by atomic mass is 10.0. The summed E-state index contributed by atoms with van der Waals surface area (Å²) in [5.74, 6) is -2.04. The van der Waals surface area contributed by atoms with E-state index in [0.29, 0.717) is 11.1 Å². The number of amides is 2. The minimum absolute atomic E-state index is 0.111. The van der Waals surface area contributed by atoms with Gasteiger partial charge in [0.15, 0.2) is 0 Å². The summed E-state index contributed by atoms with van der Waals surface area (Å²) in [5.41, 5.74) is 6.94. The fourth-order valence-corrected chi connectivity index (χ4v) is 2.59. The first-order valence-electron chi connectivity index (χ1n) is 8.44. The highest BCUT2D eigenvalue weighted by molar-refractivity contribution is 6.00. The molecule has 0 aliphatic heterocycles. The van der Waals surface area contributed by atoms with Crippen molar-refractivity contribution in [1.82, 2.24) is 5.32 Å². The van der Waals surface area contributed by atoms with Crippen LogP contribution in [0.15, 0.2) is 42.5 Å². The molecule has 0 heterocycles. The van der Waals surface area contributed by atoms with E-state index in [1.165, 1.54) is 36.4 Å². The Kier molecular flexibility index (Phi) is 6.65. The zero-order chi connectivity index (χ0) is 20.0. The van der Waals surface area contributed by atoms with Crippen LogP contribution in [-0.2, 0) is 9.53 Å². The molecule has 0 spiro atoms. The first-order chi connectivity index (χ1) is 12.8. The van der Waals surface area contributed by atoms with Crippen LogP contribution in [-0.4, -0.2) is 24.4 Å². The number of rotatable bonds is 7. The van der Waals surface area contributed by atoms with Gasteiger partial charge in [0.05, 0.1) is 19.1 Å². The summed E-state index contributed by atoms with van der Waals surface area (Å²) in [5, 5.41) is 2.75. The van der Waals surface area contributed by atoms with Gasteiger partial charge in [-0.3, -0.25) is 14.4 Å². The molecule has 0 bridgehead atoms. The van der Waals surface area contributed by atoms with Crippen molar-refractivity contribution in [2.75, 3.05) is 6.61 Å².